The van der Waals surface area contributed by atoms with E-state index in [1.807, 2.05) is 29.2 Å². The van der Waals surface area contributed by atoms with Crippen molar-refractivity contribution in [3.05, 3.63) is 48.0 Å². The Morgan fingerprint density at radius 3 is 2.69 bits per heavy atom. The average molecular weight is 444 g/mol. The van der Waals surface area contributed by atoms with Gasteiger partial charge < -0.3 is 19.4 Å². The van der Waals surface area contributed by atoms with E-state index in [4.69, 9.17) is 4.42 Å². The number of hydrogen-bond donors (Lipinski definition) is 1. The van der Waals surface area contributed by atoms with Crippen molar-refractivity contribution in [1.29, 1.82) is 5.26 Å². The minimum atomic E-state index is -4.51. The highest BCUT2D eigenvalue weighted by molar-refractivity contribution is 5.93. The maximum absolute atomic E-state index is 12.7. The summed E-state index contributed by atoms with van der Waals surface area (Å²) in [4.78, 5) is 19.1. The van der Waals surface area contributed by atoms with Gasteiger partial charge in [-0.25, -0.2) is 0 Å². The fraction of sp³-hybridized carbons (Fsp3) is 0.318. The molecule has 7 nitrogen and oxygen atoms in total. The van der Waals surface area contributed by atoms with Crippen molar-refractivity contribution in [1.82, 2.24) is 4.98 Å². The minimum Gasteiger partial charge on any atom is -0.483 e. The molecule has 0 bridgehead atoms. The molecule has 1 fully saturated rings. The normalized spacial score (nSPS) is 14.9. The summed E-state index contributed by atoms with van der Waals surface area (Å²) in [5.74, 6) is -0.646. The Balaban J connectivity index is 1.35. The van der Waals surface area contributed by atoms with Gasteiger partial charge in [-0.2, -0.15) is 23.4 Å². The van der Waals surface area contributed by atoms with Crippen molar-refractivity contribution in [3.63, 3.8) is 0 Å². The Morgan fingerprint density at radius 2 is 2.00 bits per heavy atom. The number of carbonyl (C=O) groups excluding carboxylic acids is 1. The van der Waals surface area contributed by atoms with E-state index in [0.29, 0.717) is 43.2 Å². The zero-order chi connectivity index (χ0) is 22.7. The minimum absolute atomic E-state index is 0.0853. The van der Waals surface area contributed by atoms with Crippen LogP contribution in [0, 0.1) is 17.2 Å². The zero-order valence-corrected chi connectivity index (χ0v) is 16.9. The van der Waals surface area contributed by atoms with E-state index in [-0.39, 0.29) is 23.1 Å². The third-order valence-corrected chi connectivity index (χ3v) is 5.18. The number of halogens is 3. The molecule has 1 aliphatic heterocycles. The number of nitriles is 1. The summed E-state index contributed by atoms with van der Waals surface area (Å²) in [6.45, 7) is -0.302. The van der Waals surface area contributed by atoms with Crippen molar-refractivity contribution in [3.8, 4) is 11.8 Å². The van der Waals surface area contributed by atoms with E-state index in [2.05, 4.69) is 15.0 Å². The maximum atomic E-state index is 12.7. The Labute approximate surface area is 181 Å². The van der Waals surface area contributed by atoms with Crippen molar-refractivity contribution in [2.24, 2.45) is 5.92 Å². The SMILES string of the molecule is N#Cc1cc(NC(=O)C2CCN(c3nc4ccccc4o3)CC2)ccc1OCC(F)(F)F. The molecule has 0 saturated carbocycles. The Kier molecular flexibility index (Phi) is 5.90. The molecule has 1 saturated heterocycles. The highest BCUT2D eigenvalue weighted by Crippen LogP contribution is 2.28. The first kappa shape index (κ1) is 21.5. The molecule has 1 aromatic heterocycles. The molecule has 0 atom stereocenters. The number of para-hydroxylation sites is 2. The predicted octanol–water partition coefficient (Wildman–Crippen LogP) is 4.50. The van der Waals surface area contributed by atoms with E-state index in [1.54, 1.807) is 6.07 Å². The number of fused-ring (bicyclic) bond motifs is 1. The first-order valence-corrected chi connectivity index (χ1v) is 9.97. The van der Waals surface area contributed by atoms with Crippen LogP contribution < -0.4 is 15.0 Å². The molecule has 2 heterocycles. The number of nitrogens with one attached hydrogen (secondary N) is 1. The van der Waals surface area contributed by atoms with Crippen molar-refractivity contribution >= 4 is 28.7 Å². The monoisotopic (exact) mass is 444 g/mol. The molecule has 3 aromatic rings. The van der Waals surface area contributed by atoms with Crippen LogP contribution in [-0.2, 0) is 4.79 Å². The highest BCUT2D eigenvalue weighted by atomic mass is 19.4. The summed E-state index contributed by atoms with van der Waals surface area (Å²) in [5.41, 5.74) is 1.72. The third-order valence-electron chi connectivity index (χ3n) is 5.18. The molecule has 166 valence electrons. The summed E-state index contributed by atoms with van der Waals surface area (Å²) < 4.78 is 47.5. The van der Waals surface area contributed by atoms with Gasteiger partial charge in [0.05, 0.1) is 5.56 Å². The van der Waals surface area contributed by atoms with Crippen LogP contribution in [0.4, 0.5) is 24.9 Å². The van der Waals surface area contributed by atoms with Crippen LogP contribution in [-0.4, -0.2) is 36.8 Å². The smallest absolute Gasteiger partial charge is 0.422 e. The second-order valence-electron chi connectivity index (χ2n) is 7.44. The number of carbonyl (C=O) groups is 1. The van der Waals surface area contributed by atoms with E-state index < -0.39 is 12.8 Å². The first-order chi connectivity index (χ1) is 15.3. The lowest BCUT2D eigenvalue weighted by Gasteiger charge is -2.30. The van der Waals surface area contributed by atoms with Crippen LogP contribution in [0.25, 0.3) is 11.1 Å². The van der Waals surface area contributed by atoms with E-state index in [1.165, 1.54) is 18.2 Å². The first-order valence-electron chi connectivity index (χ1n) is 9.97. The van der Waals surface area contributed by atoms with Gasteiger partial charge in [-0.3, -0.25) is 4.79 Å². The molecule has 0 spiro atoms. The van der Waals surface area contributed by atoms with Crippen LogP contribution in [0.2, 0.25) is 0 Å². The molecule has 1 aliphatic rings. The molecule has 1 amide bonds. The van der Waals surface area contributed by atoms with E-state index in [0.717, 1.165) is 5.52 Å². The molecular formula is C22H19F3N4O3. The molecule has 2 aromatic carbocycles. The summed E-state index contributed by atoms with van der Waals surface area (Å²) in [7, 11) is 0. The summed E-state index contributed by atoms with van der Waals surface area (Å²) in [5, 5.41) is 11.9. The standard InChI is InChI=1S/C22H19F3N4O3/c23-22(24,25)13-31-18-6-5-16(11-15(18)12-26)27-20(30)14-7-9-29(10-8-14)21-28-17-3-1-2-4-19(17)32-21/h1-6,11,14H,7-10,13H2,(H,27,30). The number of anilines is 2. The molecular weight excluding hydrogens is 425 g/mol. The fourth-order valence-electron chi connectivity index (χ4n) is 3.55. The number of ether oxygens (including phenoxy) is 1. The number of oxazole rings is 1. The number of piperidine rings is 1. The van der Waals surface area contributed by atoms with Gasteiger partial charge in [0.15, 0.2) is 12.2 Å². The van der Waals surface area contributed by atoms with Crippen LogP contribution in [0.15, 0.2) is 46.9 Å². The predicted molar refractivity (Wildman–Crippen MR) is 110 cm³/mol. The number of aromatic nitrogens is 1. The average Bonchev–Trinajstić information content (AvgIpc) is 3.22. The van der Waals surface area contributed by atoms with Gasteiger partial charge >= 0.3 is 6.18 Å². The van der Waals surface area contributed by atoms with Crippen LogP contribution >= 0.6 is 0 Å². The molecule has 4 rings (SSSR count). The molecule has 10 heteroatoms. The number of nitrogens with zero attached hydrogens (tertiary/aromatic N) is 3. The van der Waals surface area contributed by atoms with Gasteiger partial charge in [0, 0.05) is 24.7 Å². The number of benzene rings is 2. The Bertz CT molecular complexity index is 1130. The van der Waals surface area contributed by atoms with Gasteiger partial charge in [0.2, 0.25) is 5.91 Å². The highest BCUT2D eigenvalue weighted by Gasteiger charge is 2.29. The lowest BCUT2D eigenvalue weighted by atomic mass is 9.96. The number of amides is 1. The largest absolute Gasteiger partial charge is 0.483 e. The van der Waals surface area contributed by atoms with Gasteiger partial charge in [-0.1, -0.05) is 12.1 Å². The number of hydrogen-bond acceptors (Lipinski definition) is 6. The van der Waals surface area contributed by atoms with Crippen LogP contribution in [0.3, 0.4) is 0 Å². The summed E-state index contributed by atoms with van der Waals surface area (Å²) >= 11 is 0. The topological polar surface area (TPSA) is 91.4 Å². The Morgan fingerprint density at radius 1 is 1.25 bits per heavy atom. The number of alkyl halides is 3. The lowest BCUT2D eigenvalue weighted by Crippen LogP contribution is -2.38. The van der Waals surface area contributed by atoms with Crippen molar-refractivity contribution < 1.29 is 27.1 Å². The van der Waals surface area contributed by atoms with Crippen LogP contribution in [0.1, 0.15) is 18.4 Å². The molecule has 32 heavy (non-hydrogen) atoms. The van der Waals surface area contributed by atoms with Gasteiger partial charge in [0.25, 0.3) is 6.01 Å². The van der Waals surface area contributed by atoms with Crippen molar-refractivity contribution in [2.75, 3.05) is 29.9 Å². The zero-order valence-electron chi connectivity index (χ0n) is 16.9. The third kappa shape index (κ3) is 4.94. The van der Waals surface area contributed by atoms with Gasteiger partial charge in [0.1, 0.15) is 17.3 Å². The second kappa shape index (κ2) is 8.78. The van der Waals surface area contributed by atoms with E-state index in [9.17, 15) is 23.2 Å². The van der Waals surface area contributed by atoms with Crippen LogP contribution in [0.5, 0.6) is 5.75 Å². The van der Waals surface area contributed by atoms with E-state index >= 15 is 0 Å². The maximum Gasteiger partial charge on any atom is 0.422 e. The molecule has 1 N–H and O–H groups in total. The molecule has 0 aliphatic carbocycles. The number of rotatable bonds is 5. The molecule has 0 radical (unpaired) electrons. The fourth-order valence-corrected chi connectivity index (χ4v) is 3.55. The lowest BCUT2D eigenvalue weighted by molar-refractivity contribution is -0.153. The van der Waals surface area contributed by atoms with Gasteiger partial charge in [-0.15, -0.1) is 0 Å². The molecule has 0 unspecified atom stereocenters. The van der Waals surface area contributed by atoms with Crippen molar-refractivity contribution in [2.45, 2.75) is 19.0 Å². The van der Waals surface area contributed by atoms with Gasteiger partial charge in [-0.05, 0) is 43.2 Å². The Hall–Kier alpha value is -3.74. The summed E-state index contributed by atoms with van der Waals surface area (Å²) in [6, 6.07) is 13.8. The summed E-state index contributed by atoms with van der Waals surface area (Å²) in [6.07, 6.45) is -3.34. The quantitative estimate of drug-likeness (QED) is 0.623. The second-order valence-corrected chi connectivity index (χ2v) is 7.44.